The highest BCUT2D eigenvalue weighted by Crippen LogP contribution is 2.59. The van der Waals surface area contributed by atoms with E-state index in [1.807, 2.05) is 12.1 Å². The van der Waals surface area contributed by atoms with E-state index in [1.165, 1.54) is 49.1 Å². The molecule has 0 radical (unpaired) electrons. The molecule has 4 aliphatic carbocycles. The number of methoxy groups -OCH3 is 1. The lowest BCUT2D eigenvalue weighted by Gasteiger charge is -2.56. The Morgan fingerprint density at radius 2 is 1.72 bits per heavy atom. The number of para-hydroxylation sites is 2. The number of nitrogens with one attached hydrogen (secondary N) is 2. The van der Waals surface area contributed by atoms with Gasteiger partial charge in [-0.25, -0.2) is 0 Å². The molecule has 5 fully saturated rings. The van der Waals surface area contributed by atoms with Crippen LogP contribution in [0.1, 0.15) is 38.5 Å². The van der Waals surface area contributed by atoms with Crippen molar-refractivity contribution in [1.82, 2.24) is 5.32 Å². The number of hydrogen-bond acceptors (Lipinski definition) is 3. The first-order valence-corrected chi connectivity index (χ1v) is 11.6. The van der Waals surface area contributed by atoms with Crippen molar-refractivity contribution < 1.29 is 14.4 Å². The Kier molecular flexibility index (Phi) is 5.19. The summed E-state index contributed by atoms with van der Waals surface area (Å²) in [6.45, 7) is 5.49. The molecule has 5 nitrogen and oxygen atoms in total. The van der Waals surface area contributed by atoms with Crippen molar-refractivity contribution in [2.45, 2.75) is 38.5 Å². The molecule has 4 bridgehead atoms. The maximum absolute atomic E-state index is 12.7. The number of quaternary nitrogens is 1. The molecule has 0 aromatic heterocycles. The van der Waals surface area contributed by atoms with Crippen LogP contribution < -0.4 is 19.9 Å². The Bertz CT molecular complexity index is 706. The number of piperazine rings is 1. The zero-order chi connectivity index (χ0) is 19.8. The Balaban J connectivity index is 1.09. The van der Waals surface area contributed by atoms with Gasteiger partial charge in [-0.15, -0.1) is 0 Å². The van der Waals surface area contributed by atoms with Gasteiger partial charge in [0.15, 0.2) is 6.54 Å². The van der Waals surface area contributed by atoms with Crippen molar-refractivity contribution >= 4 is 11.6 Å². The van der Waals surface area contributed by atoms with E-state index in [0.29, 0.717) is 12.0 Å². The van der Waals surface area contributed by atoms with Gasteiger partial charge in [0, 0.05) is 6.54 Å². The monoisotopic (exact) mass is 398 g/mol. The van der Waals surface area contributed by atoms with Gasteiger partial charge >= 0.3 is 0 Å². The molecular formula is C24H36N3O2+. The van der Waals surface area contributed by atoms with Crippen molar-refractivity contribution in [3.63, 3.8) is 0 Å². The average Bonchev–Trinajstić information content (AvgIpc) is 2.72. The molecule has 1 amide bonds. The number of nitrogens with zero attached hydrogens (tertiary/aromatic N) is 1. The Labute approximate surface area is 174 Å². The molecule has 4 saturated carbocycles. The predicted octanol–water partition coefficient (Wildman–Crippen LogP) is 1.73. The summed E-state index contributed by atoms with van der Waals surface area (Å²) in [4.78, 5) is 16.5. The predicted molar refractivity (Wildman–Crippen MR) is 114 cm³/mol. The number of ether oxygens (including phenoxy) is 1. The maximum Gasteiger partial charge on any atom is 0.275 e. The zero-order valence-corrected chi connectivity index (χ0v) is 17.8. The van der Waals surface area contributed by atoms with Crippen LogP contribution in [-0.2, 0) is 4.79 Å². The van der Waals surface area contributed by atoms with Crippen molar-refractivity contribution in [3.8, 4) is 5.75 Å². The number of carbonyl (C=O) groups is 1. The van der Waals surface area contributed by atoms with Gasteiger partial charge in [0.25, 0.3) is 5.91 Å². The Hall–Kier alpha value is -1.75. The number of benzene rings is 1. The fourth-order valence-electron chi connectivity index (χ4n) is 7.21. The van der Waals surface area contributed by atoms with Crippen LogP contribution in [0.4, 0.5) is 5.69 Å². The quantitative estimate of drug-likeness (QED) is 0.767. The number of rotatable bonds is 6. The maximum atomic E-state index is 12.7. The van der Waals surface area contributed by atoms with Gasteiger partial charge in [-0.2, -0.15) is 0 Å². The van der Waals surface area contributed by atoms with E-state index in [1.54, 1.807) is 7.11 Å². The average molecular weight is 399 g/mol. The molecule has 1 aliphatic heterocycles. The highest BCUT2D eigenvalue weighted by atomic mass is 16.5. The second kappa shape index (κ2) is 7.82. The van der Waals surface area contributed by atoms with Gasteiger partial charge in [-0.1, -0.05) is 12.1 Å². The third-order valence-corrected chi connectivity index (χ3v) is 8.13. The Morgan fingerprint density at radius 3 is 2.34 bits per heavy atom. The van der Waals surface area contributed by atoms with Crippen LogP contribution in [0.2, 0.25) is 0 Å². The lowest BCUT2D eigenvalue weighted by molar-refractivity contribution is -0.892. The zero-order valence-electron chi connectivity index (χ0n) is 17.8. The second-order valence-corrected chi connectivity index (χ2v) is 10.3. The van der Waals surface area contributed by atoms with E-state index in [9.17, 15) is 4.79 Å². The third-order valence-electron chi connectivity index (χ3n) is 8.13. The van der Waals surface area contributed by atoms with Crippen LogP contribution in [0.15, 0.2) is 24.3 Å². The van der Waals surface area contributed by atoms with Gasteiger partial charge in [0.05, 0.1) is 39.0 Å². The van der Waals surface area contributed by atoms with E-state index in [-0.39, 0.29) is 5.91 Å². The third kappa shape index (κ3) is 3.98. The van der Waals surface area contributed by atoms with Gasteiger partial charge in [0.1, 0.15) is 5.75 Å². The molecule has 0 unspecified atom stereocenters. The SMILES string of the molecule is COc1ccccc1N1CC[NH+](CC(=O)NCC23CC4CC(CC(C4)C2)C3)CC1. The number of amides is 1. The summed E-state index contributed by atoms with van der Waals surface area (Å²) in [6, 6.07) is 8.22. The summed E-state index contributed by atoms with van der Waals surface area (Å²) in [6.07, 6.45) is 8.49. The first-order valence-electron chi connectivity index (χ1n) is 11.6. The summed E-state index contributed by atoms with van der Waals surface area (Å²) < 4.78 is 5.51. The first-order chi connectivity index (χ1) is 14.1. The fraction of sp³-hybridized carbons (Fsp3) is 0.708. The van der Waals surface area contributed by atoms with E-state index in [0.717, 1.165) is 56.2 Å². The minimum absolute atomic E-state index is 0.251. The van der Waals surface area contributed by atoms with Gasteiger partial charge < -0.3 is 19.9 Å². The van der Waals surface area contributed by atoms with E-state index < -0.39 is 0 Å². The second-order valence-electron chi connectivity index (χ2n) is 10.3. The summed E-state index contributed by atoms with van der Waals surface area (Å²) in [5, 5.41) is 3.35. The number of hydrogen-bond donors (Lipinski definition) is 2. The van der Waals surface area contributed by atoms with E-state index in [2.05, 4.69) is 22.3 Å². The minimum atomic E-state index is 0.251. The van der Waals surface area contributed by atoms with Crippen molar-refractivity contribution in [3.05, 3.63) is 24.3 Å². The summed E-state index contributed by atoms with van der Waals surface area (Å²) in [5.74, 6) is 4.04. The molecule has 0 spiro atoms. The molecule has 29 heavy (non-hydrogen) atoms. The van der Waals surface area contributed by atoms with Crippen LogP contribution in [0.5, 0.6) is 5.75 Å². The van der Waals surface area contributed by atoms with Crippen LogP contribution in [0.25, 0.3) is 0 Å². The Morgan fingerprint density at radius 1 is 1.10 bits per heavy atom. The lowest BCUT2D eigenvalue weighted by atomic mass is 9.49. The largest absolute Gasteiger partial charge is 0.495 e. The topological polar surface area (TPSA) is 46.0 Å². The standard InChI is InChI=1S/C24H35N3O2/c1-29-22-5-3-2-4-21(22)27-8-6-26(7-9-27)16-23(28)25-17-24-13-18-10-19(14-24)12-20(11-18)15-24/h2-5,18-20H,6-17H2,1H3,(H,25,28)/p+1. The van der Waals surface area contributed by atoms with Crippen LogP contribution >= 0.6 is 0 Å². The normalized spacial score (nSPS) is 33.7. The van der Waals surface area contributed by atoms with Gasteiger partial charge in [-0.05, 0) is 73.8 Å². The molecule has 6 rings (SSSR count). The van der Waals surface area contributed by atoms with Crippen molar-refractivity contribution in [2.75, 3.05) is 51.3 Å². The van der Waals surface area contributed by atoms with Crippen LogP contribution in [0.3, 0.4) is 0 Å². The molecule has 1 aromatic carbocycles. The molecule has 1 heterocycles. The number of carbonyl (C=O) groups excluding carboxylic acids is 1. The molecule has 1 saturated heterocycles. The van der Waals surface area contributed by atoms with E-state index in [4.69, 9.17) is 4.74 Å². The molecule has 158 valence electrons. The summed E-state index contributed by atoms with van der Waals surface area (Å²) >= 11 is 0. The highest BCUT2D eigenvalue weighted by Gasteiger charge is 2.50. The molecule has 0 atom stereocenters. The van der Waals surface area contributed by atoms with Crippen molar-refractivity contribution in [1.29, 1.82) is 0 Å². The molecule has 5 aliphatic rings. The molecule has 5 heteroatoms. The fourth-order valence-corrected chi connectivity index (χ4v) is 7.21. The van der Waals surface area contributed by atoms with Crippen LogP contribution in [-0.4, -0.2) is 52.3 Å². The van der Waals surface area contributed by atoms with Gasteiger partial charge in [0.2, 0.25) is 0 Å². The van der Waals surface area contributed by atoms with E-state index >= 15 is 0 Å². The molecular weight excluding hydrogens is 362 g/mol. The summed E-state index contributed by atoms with van der Waals surface area (Å²) in [7, 11) is 1.73. The molecule has 2 N–H and O–H groups in total. The summed E-state index contributed by atoms with van der Waals surface area (Å²) in [5.41, 5.74) is 1.60. The first kappa shape index (κ1) is 19.2. The molecule has 1 aromatic rings. The van der Waals surface area contributed by atoms with Gasteiger partial charge in [-0.3, -0.25) is 4.79 Å². The van der Waals surface area contributed by atoms with Crippen LogP contribution in [0, 0.1) is 23.2 Å². The minimum Gasteiger partial charge on any atom is -0.495 e. The lowest BCUT2D eigenvalue weighted by Crippen LogP contribution is -3.16. The smallest absolute Gasteiger partial charge is 0.275 e. The number of anilines is 1. The van der Waals surface area contributed by atoms with Crippen molar-refractivity contribution in [2.24, 2.45) is 23.2 Å². The highest BCUT2D eigenvalue weighted by molar-refractivity contribution is 5.76.